The van der Waals surface area contributed by atoms with Crippen molar-refractivity contribution in [1.29, 1.82) is 0 Å². The number of benzene rings is 1. The SMILES string of the molecule is O=C(NCCSCCCO)C1Cc2ccccc2CN1. The standard InChI is InChI=1S/C15H22N2O2S/c18-7-3-8-20-9-6-16-15(19)14-10-12-4-1-2-5-13(12)11-17-14/h1-2,4-5,14,17-18H,3,6-11H2,(H,16,19). The van der Waals surface area contributed by atoms with Gasteiger partial charge in [0, 0.05) is 25.4 Å². The van der Waals surface area contributed by atoms with Gasteiger partial charge in [0.1, 0.15) is 0 Å². The Labute approximate surface area is 124 Å². The number of carbonyl (C=O) groups is 1. The quantitative estimate of drug-likeness (QED) is 0.655. The van der Waals surface area contributed by atoms with Gasteiger partial charge in [0.05, 0.1) is 6.04 Å². The third-order valence-corrected chi connectivity index (χ3v) is 4.46. The topological polar surface area (TPSA) is 61.4 Å². The average Bonchev–Trinajstić information content (AvgIpc) is 2.50. The summed E-state index contributed by atoms with van der Waals surface area (Å²) in [5.41, 5.74) is 2.56. The van der Waals surface area contributed by atoms with Gasteiger partial charge in [0.2, 0.25) is 5.91 Å². The van der Waals surface area contributed by atoms with Crippen LogP contribution in [0, 0.1) is 0 Å². The predicted molar refractivity (Wildman–Crippen MR) is 82.8 cm³/mol. The molecule has 0 aliphatic carbocycles. The number of hydrogen-bond acceptors (Lipinski definition) is 4. The molecule has 5 heteroatoms. The summed E-state index contributed by atoms with van der Waals surface area (Å²) in [6.45, 7) is 1.69. The van der Waals surface area contributed by atoms with Crippen molar-refractivity contribution < 1.29 is 9.90 Å². The molecular weight excluding hydrogens is 272 g/mol. The Morgan fingerprint density at radius 3 is 2.95 bits per heavy atom. The molecule has 1 aromatic carbocycles. The van der Waals surface area contributed by atoms with Crippen LogP contribution in [0.25, 0.3) is 0 Å². The highest BCUT2D eigenvalue weighted by Gasteiger charge is 2.23. The van der Waals surface area contributed by atoms with Gasteiger partial charge in [0.15, 0.2) is 0 Å². The normalized spacial score (nSPS) is 17.6. The number of nitrogens with one attached hydrogen (secondary N) is 2. The van der Waals surface area contributed by atoms with E-state index in [4.69, 9.17) is 5.11 Å². The molecule has 1 aliphatic rings. The van der Waals surface area contributed by atoms with Gasteiger partial charge >= 0.3 is 0 Å². The summed E-state index contributed by atoms with van der Waals surface area (Å²) in [6.07, 6.45) is 1.58. The average molecular weight is 294 g/mol. The Bertz CT molecular complexity index is 440. The van der Waals surface area contributed by atoms with E-state index in [9.17, 15) is 4.79 Å². The zero-order chi connectivity index (χ0) is 14.2. The molecule has 0 bridgehead atoms. The van der Waals surface area contributed by atoms with E-state index in [1.54, 1.807) is 11.8 Å². The first-order chi connectivity index (χ1) is 9.81. The second-order valence-electron chi connectivity index (χ2n) is 4.89. The number of thioether (sulfide) groups is 1. The zero-order valence-corrected chi connectivity index (χ0v) is 12.4. The summed E-state index contributed by atoms with van der Waals surface area (Å²) in [5.74, 6) is 1.93. The third-order valence-electron chi connectivity index (χ3n) is 3.39. The second-order valence-corrected chi connectivity index (χ2v) is 6.11. The zero-order valence-electron chi connectivity index (χ0n) is 11.6. The molecule has 0 spiro atoms. The number of hydrogen-bond donors (Lipinski definition) is 3. The molecule has 0 saturated heterocycles. The summed E-state index contributed by atoms with van der Waals surface area (Å²) in [7, 11) is 0. The minimum atomic E-state index is -0.118. The van der Waals surface area contributed by atoms with Crippen molar-refractivity contribution >= 4 is 17.7 Å². The minimum Gasteiger partial charge on any atom is -0.396 e. The fourth-order valence-corrected chi connectivity index (χ4v) is 3.06. The molecule has 1 heterocycles. The van der Waals surface area contributed by atoms with Crippen LogP contribution in [0.1, 0.15) is 17.5 Å². The third kappa shape index (κ3) is 4.51. The molecular formula is C15H22N2O2S. The van der Waals surface area contributed by atoms with Crippen molar-refractivity contribution in [3.8, 4) is 0 Å². The van der Waals surface area contributed by atoms with Crippen LogP contribution in [0.2, 0.25) is 0 Å². The lowest BCUT2D eigenvalue weighted by atomic mass is 9.95. The fourth-order valence-electron chi connectivity index (χ4n) is 2.28. The molecule has 0 saturated carbocycles. The van der Waals surface area contributed by atoms with Crippen LogP contribution in [-0.4, -0.2) is 41.7 Å². The van der Waals surface area contributed by atoms with Crippen LogP contribution >= 0.6 is 11.8 Å². The Kier molecular flexibility index (Phi) is 6.36. The smallest absolute Gasteiger partial charge is 0.237 e. The van der Waals surface area contributed by atoms with Crippen molar-refractivity contribution in [3.05, 3.63) is 35.4 Å². The Balaban J connectivity index is 1.69. The van der Waals surface area contributed by atoms with Crippen molar-refractivity contribution in [3.63, 3.8) is 0 Å². The molecule has 0 radical (unpaired) electrons. The first-order valence-electron chi connectivity index (χ1n) is 7.07. The van der Waals surface area contributed by atoms with E-state index in [0.717, 1.165) is 30.9 Å². The van der Waals surface area contributed by atoms with E-state index in [1.807, 2.05) is 12.1 Å². The summed E-state index contributed by atoms with van der Waals surface area (Å²) >= 11 is 1.76. The van der Waals surface area contributed by atoms with Crippen LogP contribution in [0.3, 0.4) is 0 Å². The largest absolute Gasteiger partial charge is 0.396 e. The maximum Gasteiger partial charge on any atom is 0.237 e. The number of fused-ring (bicyclic) bond motifs is 1. The molecule has 1 unspecified atom stereocenters. The van der Waals surface area contributed by atoms with Crippen LogP contribution in [0.15, 0.2) is 24.3 Å². The molecule has 20 heavy (non-hydrogen) atoms. The monoisotopic (exact) mass is 294 g/mol. The maximum atomic E-state index is 12.1. The van der Waals surface area contributed by atoms with Gasteiger partial charge in [-0.05, 0) is 29.7 Å². The number of aliphatic hydroxyl groups excluding tert-OH is 1. The number of amides is 1. The summed E-state index contributed by atoms with van der Waals surface area (Å²) in [5, 5.41) is 14.9. The summed E-state index contributed by atoms with van der Waals surface area (Å²) in [4.78, 5) is 12.1. The van der Waals surface area contributed by atoms with Gasteiger partial charge in [-0.2, -0.15) is 11.8 Å². The first-order valence-corrected chi connectivity index (χ1v) is 8.23. The predicted octanol–water partition coefficient (Wildman–Crippen LogP) is 0.933. The van der Waals surface area contributed by atoms with Crippen LogP contribution in [0.5, 0.6) is 0 Å². The Morgan fingerprint density at radius 1 is 1.35 bits per heavy atom. The van der Waals surface area contributed by atoms with Crippen molar-refractivity contribution in [2.24, 2.45) is 0 Å². The number of aliphatic hydroxyl groups is 1. The highest BCUT2D eigenvalue weighted by atomic mass is 32.2. The highest BCUT2D eigenvalue weighted by Crippen LogP contribution is 2.16. The fraction of sp³-hybridized carbons (Fsp3) is 0.533. The van der Waals surface area contributed by atoms with Gasteiger partial charge in [0.25, 0.3) is 0 Å². The molecule has 3 N–H and O–H groups in total. The number of carbonyl (C=O) groups excluding carboxylic acids is 1. The minimum absolute atomic E-state index is 0.0854. The van der Waals surface area contributed by atoms with Gasteiger partial charge in [-0.15, -0.1) is 0 Å². The van der Waals surface area contributed by atoms with Crippen molar-refractivity contribution in [2.75, 3.05) is 24.7 Å². The van der Waals surface area contributed by atoms with Crippen LogP contribution < -0.4 is 10.6 Å². The highest BCUT2D eigenvalue weighted by molar-refractivity contribution is 7.99. The maximum absolute atomic E-state index is 12.1. The van der Waals surface area contributed by atoms with E-state index in [0.29, 0.717) is 6.54 Å². The second kappa shape index (κ2) is 8.29. The molecule has 0 fully saturated rings. The molecule has 2 rings (SSSR count). The van der Waals surface area contributed by atoms with E-state index in [2.05, 4.69) is 22.8 Å². The molecule has 4 nitrogen and oxygen atoms in total. The van der Waals surface area contributed by atoms with Crippen molar-refractivity contribution in [1.82, 2.24) is 10.6 Å². The lowest BCUT2D eigenvalue weighted by Crippen LogP contribution is -2.48. The lowest BCUT2D eigenvalue weighted by Gasteiger charge is -2.25. The van der Waals surface area contributed by atoms with Gasteiger partial charge < -0.3 is 15.7 Å². The van der Waals surface area contributed by atoms with Crippen LogP contribution in [0.4, 0.5) is 0 Å². The summed E-state index contributed by atoms with van der Waals surface area (Å²) in [6, 6.07) is 8.14. The molecule has 1 aliphatic heterocycles. The van der Waals surface area contributed by atoms with Gasteiger partial charge in [-0.3, -0.25) is 4.79 Å². The molecule has 110 valence electrons. The Hall–Kier alpha value is -1.04. The summed E-state index contributed by atoms with van der Waals surface area (Å²) < 4.78 is 0. The van der Waals surface area contributed by atoms with Crippen molar-refractivity contribution in [2.45, 2.75) is 25.4 Å². The molecule has 1 atom stereocenters. The molecule has 0 aromatic heterocycles. The molecule has 1 amide bonds. The molecule has 1 aromatic rings. The van der Waals surface area contributed by atoms with E-state index >= 15 is 0 Å². The van der Waals surface area contributed by atoms with Gasteiger partial charge in [-0.25, -0.2) is 0 Å². The van der Waals surface area contributed by atoms with E-state index < -0.39 is 0 Å². The van der Waals surface area contributed by atoms with Gasteiger partial charge in [-0.1, -0.05) is 24.3 Å². The van der Waals surface area contributed by atoms with E-state index in [-0.39, 0.29) is 18.6 Å². The first kappa shape index (κ1) is 15.4. The number of rotatable bonds is 7. The lowest BCUT2D eigenvalue weighted by molar-refractivity contribution is -0.123. The van der Waals surface area contributed by atoms with E-state index in [1.165, 1.54) is 11.1 Å². The Morgan fingerprint density at radius 2 is 2.15 bits per heavy atom. The van der Waals surface area contributed by atoms with Crippen LogP contribution in [-0.2, 0) is 17.8 Å².